The predicted molar refractivity (Wildman–Crippen MR) is 63.6 cm³/mol. The normalized spacial score (nSPS) is 14.5. The summed E-state index contributed by atoms with van der Waals surface area (Å²) in [5.41, 5.74) is 0.143. The van der Waals surface area contributed by atoms with Crippen LogP contribution in [0.15, 0.2) is 11.0 Å². The molecule has 1 saturated carbocycles. The van der Waals surface area contributed by atoms with Gasteiger partial charge in [0.15, 0.2) is 0 Å². The van der Waals surface area contributed by atoms with Crippen LogP contribution in [0.3, 0.4) is 0 Å². The van der Waals surface area contributed by atoms with Gasteiger partial charge in [-0.1, -0.05) is 17.5 Å². The van der Waals surface area contributed by atoms with E-state index >= 15 is 0 Å². The van der Waals surface area contributed by atoms with Crippen molar-refractivity contribution in [1.29, 1.82) is 0 Å². The molecule has 4 nitrogen and oxygen atoms in total. The molecular weight excluding hydrogens is 226 g/mol. The molecule has 0 atom stereocenters. The van der Waals surface area contributed by atoms with Crippen molar-refractivity contribution in [3.8, 4) is 12.3 Å². The van der Waals surface area contributed by atoms with Gasteiger partial charge in [-0.05, 0) is 18.8 Å². The zero-order valence-electron chi connectivity index (χ0n) is 8.74. The molecule has 2 rings (SSSR count). The van der Waals surface area contributed by atoms with Gasteiger partial charge in [0.25, 0.3) is 5.56 Å². The Morgan fingerprint density at radius 2 is 2.44 bits per heavy atom. The molecule has 0 aliphatic heterocycles. The molecule has 0 unspecified atom stereocenters. The Morgan fingerprint density at radius 3 is 3.06 bits per heavy atom. The van der Waals surface area contributed by atoms with Gasteiger partial charge in [0.2, 0.25) is 0 Å². The molecule has 1 fully saturated rings. The van der Waals surface area contributed by atoms with E-state index in [0.717, 1.165) is 0 Å². The van der Waals surface area contributed by atoms with Crippen molar-refractivity contribution in [2.75, 3.05) is 11.9 Å². The molecule has 1 aromatic heterocycles. The van der Waals surface area contributed by atoms with Gasteiger partial charge in [-0.2, -0.15) is 5.10 Å². The number of hydrogen-bond acceptors (Lipinski definition) is 3. The summed E-state index contributed by atoms with van der Waals surface area (Å²) in [4.78, 5) is 11.9. The van der Waals surface area contributed by atoms with Crippen LogP contribution in [0.1, 0.15) is 12.8 Å². The van der Waals surface area contributed by atoms with Crippen LogP contribution in [0.4, 0.5) is 5.69 Å². The van der Waals surface area contributed by atoms with Gasteiger partial charge in [-0.3, -0.25) is 4.79 Å². The van der Waals surface area contributed by atoms with Gasteiger partial charge >= 0.3 is 0 Å². The summed E-state index contributed by atoms with van der Waals surface area (Å²) in [6.45, 7) is 0.948. The predicted octanol–water partition coefficient (Wildman–Crippen LogP) is 1.35. The van der Waals surface area contributed by atoms with Gasteiger partial charge in [0.1, 0.15) is 5.69 Å². The Labute approximate surface area is 98.6 Å². The molecule has 0 bridgehead atoms. The molecule has 0 radical (unpaired) electrons. The van der Waals surface area contributed by atoms with Crippen LogP contribution < -0.4 is 10.9 Å². The number of anilines is 1. The molecule has 0 spiro atoms. The van der Waals surface area contributed by atoms with E-state index in [-0.39, 0.29) is 12.1 Å². The fraction of sp³-hybridized carbons (Fsp3) is 0.455. The third kappa shape index (κ3) is 2.37. The minimum atomic E-state index is -0.199. The van der Waals surface area contributed by atoms with E-state index in [1.807, 2.05) is 0 Å². The summed E-state index contributed by atoms with van der Waals surface area (Å²) in [7, 11) is 0. The average molecular weight is 238 g/mol. The third-order valence-corrected chi connectivity index (χ3v) is 2.78. The number of nitrogens with zero attached hydrogens (tertiary/aromatic N) is 2. The van der Waals surface area contributed by atoms with Gasteiger partial charge < -0.3 is 5.32 Å². The second kappa shape index (κ2) is 4.58. The van der Waals surface area contributed by atoms with Crippen molar-refractivity contribution in [3.63, 3.8) is 0 Å². The molecule has 84 valence electrons. The lowest BCUT2D eigenvalue weighted by atomic mass is 10.4. The summed E-state index contributed by atoms with van der Waals surface area (Å²) in [6.07, 6.45) is 8.94. The monoisotopic (exact) mass is 237 g/mol. The highest BCUT2D eigenvalue weighted by molar-refractivity contribution is 6.33. The zero-order valence-corrected chi connectivity index (χ0v) is 9.50. The van der Waals surface area contributed by atoms with Gasteiger partial charge in [0, 0.05) is 6.54 Å². The number of halogens is 1. The van der Waals surface area contributed by atoms with Crippen molar-refractivity contribution in [1.82, 2.24) is 9.78 Å². The number of nitrogens with one attached hydrogen (secondary N) is 1. The van der Waals surface area contributed by atoms with Crippen molar-refractivity contribution in [2.24, 2.45) is 5.92 Å². The molecular formula is C11H12ClN3O. The maximum atomic E-state index is 11.9. The van der Waals surface area contributed by atoms with Crippen LogP contribution in [0, 0.1) is 18.3 Å². The van der Waals surface area contributed by atoms with E-state index in [4.69, 9.17) is 18.0 Å². The molecule has 1 heterocycles. The van der Waals surface area contributed by atoms with Crippen molar-refractivity contribution < 1.29 is 0 Å². The molecule has 1 N–H and O–H groups in total. The van der Waals surface area contributed by atoms with E-state index < -0.39 is 0 Å². The largest absolute Gasteiger partial charge is 0.368 e. The van der Waals surface area contributed by atoms with Crippen molar-refractivity contribution in [2.45, 2.75) is 19.4 Å². The van der Waals surface area contributed by atoms with Crippen molar-refractivity contribution in [3.05, 3.63) is 21.6 Å². The number of aromatic nitrogens is 2. The lowest BCUT2D eigenvalue weighted by molar-refractivity contribution is 0.534. The Morgan fingerprint density at radius 1 is 1.69 bits per heavy atom. The molecule has 0 aromatic carbocycles. The first-order valence-electron chi connectivity index (χ1n) is 5.15. The Kier molecular flexibility index (Phi) is 3.16. The van der Waals surface area contributed by atoms with Crippen LogP contribution in [-0.2, 0) is 6.54 Å². The lowest BCUT2D eigenvalue weighted by Crippen LogP contribution is -2.26. The number of hydrogen-bond donors (Lipinski definition) is 1. The van der Waals surface area contributed by atoms with Crippen LogP contribution in [0.2, 0.25) is 5.02 Å². The van der Waals surface area contributed by atoms with E-state index in [1.165, 1.54) is 23.7 Å². The topological polar surface area (TPSA) is 46.9 Å². The van der Waals surface area contributed by atoms with E-state index in [1.54, 1.807) is 0 Å². The second-order valence-electron chi connectivity index (χ2n) is 3.86. The molecule has 1 aliphatic carbocycles. The lowest BCUT2D eigenvalue weighted by Gasteiger charge is -2.08. The standard InChI is InChI=1S/C11H12ClN3O/c1-2-5-13-10-9(12)6-14-15(11(10)16)7-8-3-4-8/h1,6,8,13H,3-5,7H2. The molecule has 1 aromatic rings. The summed E-state index contributed by atoms with van der Waals surface area (Å²) in [5, 5.41) is 7.14. The minimum absolute atomic E-state index is 0.199. The Hall–Kier alpha value is -1.47. The first-order chi connectivity index (χ1) is 7.72. The van der Waals surface area contributed by atoms with E-state index in [2.05, 4.69) is 16.3 Å². The van der Waals surface area contributed by atoms with Crippen LogP contribution in [-0.4, -0.2) is 16.3 Å². The van der Waals surface area contributed by atoms with Crippen LogP contribution >= 0.6 is 11.6 Å². The molecule has 0 saturated heterocycles. The second-order valence-corrected chi connectivity index (χ2v) is 4.26. The Bertz CT molecular complexity index is 485. The number of rotatable bonds is 4. The molecule has 16 heavy (non-hydrogen) atoms. The summed E-state index contributed by atoms with van der Waals surface area (Å²) in [6, 6.07) is 0. The highest BCUT2D eigenvalue weighted by atomic mass is 35.5. The smallest absolute Gasteiger partial charge is 0.291 e. The third-order valence-electron chi connectivity index (χ3n) is 2.49. The fourth-order valence-corrected chi connectivity index (χ4v) is 1.63. The van der Waals surface area contributed by atoms with E-state index in [9.17, 15) is 4.79 Å². The SMILES string of the molecule is C#CCNc1c(Cl)cnn(CC2CC2)c1=O. The Balaban J connectivity index is 2.27. The summed E-state index contributed by atoms with van der Waals surface area (Å²) >= 11 is 5.88. The maximum absolute atomic E-state index is 11.9. The van der Waals surface area contributed by atoms with Gasteiger partial charge in [0.05, 0.1) is 17.8 Å². The number of terminal acetylenes is 1. The average Bonchev–Trinajstić information content (AvgIpc) is 3.06. The molecule has 0 amide bonds. The van der Waals surface area contributed by atoms with Gasteiger partial charge in [-0.25, -0.2) is 4.68 Å². The van der Waals surface area contributed by atoms with Crippen LogP contribution in [0.25, 0.3) is 0 Å². The first kappa shape index (κ1) is 11.0. The fourth-order valence-electron chi connectivity index (χ4n) is 1.44. The molecule has 5 heteroatoms. The van der Waals surface area contributed by atoms with Crippen LogP contribution in [0.5, 0.6) is 0 Å². The summed E-state index contributed by atoms with van der Waals surface area (Å²) < 4.78 is 1.45. The quantitative estimate of drug-likeness (QED) is 0.805. The highest BCUT2D eigenvalue weighted by Crippen LogP contribution is 2.30. The maximum Gasteiger partial charge on any atom is 0.291 e. The zero-order chi connectivity index (χ0) is 11.5. The first-order valence-corrected chi connectivity index (χ1v) is 5.53. The van der Waals surface area contributed by atoms with Crippen molar-refractivity contribution >= 4 is 17.3 Å². The summed E-state index contributed by atoms with van der Waals surface area (Å²) in [5.74, 6) is 2.99. The highest BCUT2D eigenvalue weighted by Gasteiger charge is 2.23. The minimum Gasteiger partial charge on any atom is -0.368 e. The van der Waals surface area contributed by atoms with E-state index in [0.29, 0.717) is 23.2 Å². The molecule has 1 aliphatic rings. The van der Waals surface area contributed by atoms with Gasteiger partial charge in [-0.15, -0.1) is 6.42 Å².